The summed E-state index contributed by atoms with van der Waals surface area (Å²) in [7, 11) is 0. The van der Waals surface area contributed by atoms with Crippen molar-refractivity contribution in [3.63, 3.8) is 0 Å². The second-order valence-corrected chi connectivity index (χ2v) is 4.80. The summed E-state index contributed by atoms with van der Waals surface area (Å²) in [5.74, 6) is -0.452. The summed E-state index contributed by atoms with van der Waals surface area (Å²) in [6, 6.07) is 4.42. The predicted molar refractivity (Wildman–Crippen MR) is 76.6 cm³/mol. The van der Waals surface area contributed by atoms with Gasteiger partial charge in [-0.25, -0.2) is 0 Å². The molecule has 0 saturated carbocycles. The Bertz CT molecular complexity index is 736. The van der Waals surface area contributed by atoms with Crippen molar-refractivity contribution in [2.24, 2.45) is 0 Å². The quantitative estimate of drug-likeness (QED) is 0.287. The highest BCUT2D eigenvalue weighted by Crippen LogP contribution is 2.31. The molecule has 1 atom stereocenters. The van der Waals surface area contributed by atoms with Crippen molar-refractivity contribution in [2.45, 2.75) is 26.4 Å². The van der Waals surface area contributed by atoms with Crippen LogP contribution in [0.1, 0.15) is 19.5 Å². The van der Waals surface area contributed by atoms with Gasteiger partial charge >= 0.3 is 5.97 Å². The molecule has 0 aliphatic rings. The Morgan fingerprint density at radius 1 is 1.45 bits per heavy atom. The lowest BCUT2D eigenvalue weighted by Gasteiger charge is -2.06. The molecule has 22 heavy (non-hydrogen) atoms. The third-order valence-electron chi connectivity index (χ3n) is 2.99. The Balaban J connectivity index is 2.44. The number of aromatic nitrogens is 1. The minimum Gasteiger partial charge on any atom is -0.464 e. The van der Waals surface area contributed by atoms with Gasteiger partial charge in [0.2, 0.25) is 0 Å². The summed E-state index contributed by atoms with van der Waals surface area (Å²) in [5, 5.41) is 11.7. The lowest BCUT2D eigenvalue weighted by molar-refractivity contribution is -0.383. The van der Waals surface area contributed by atoms with E-state index < -0.39 is 10.9 Å². The number of hydrogen-bond acceptors (Lipinski definition) is 6. The van der Waals surface area contributed by atoms with Gasteiger partial charge in [0.05, 0.1) is 11.0 Å². The van der Waals surface area contributed by atoms with E-state index in [9.17, 15) is 19.7 Å². The van der Waals surface area contributed by atoms with Crippen molar-refractivity contribution >= 4 is 29.0 Å². The van der Waals surface area contributed by atoms with Gasteiger partial charge in [0.25, 0.3) is 12.2 Å². The molecule has 0 bridgehead atoms. The first-order chi connectivity index (χ1) is 10.4. The van der Waals surface area contributed by atoms with Crippen molar-refractivity contribution in [3.05, 3.63) is 34.0 Å². The third kappa shape index (κ3) is 3.40. The minimum atomic E-state index is -0.558. The van der Waals surface area contributed by atoms with Crippen molar-refractivity contribution in [1.82, 2.24) is 4.98 Å². The van der Waals surface area contributed by atoms with Gasteiger partial charge in [-0.3, -0.25) is 19.7 Å². The second kappa shape index (κ2) is 6.25. The number of aromatic amines is 1. The summed E-state index contributed by atoms with van der Waals surface area (Å²) in [4.78, 5) is 34.8. The van der Waals surface area contributed by atoms with Crippen molar-refractivity contribution < 1.29 is 24.0 Å². The van der Waals surface area contributed by atoms with Crippen LogP contribution in [0.5, 0.6) is 5.75 Å². The van der Waals surface area contributed by atoms with E-state index in [1.54, 1.807) is 13.0 Å². The summed E-state index contributed by atoms with van der Waals surface area (Å²) >= 11 is 0. The molecule has 116 valence electrons. The maximum absolute atomic E-state index is 11.2. The standard InChI is InChI=1S/C14H14N2O6/c1-8(21-7-17)3-11-4-10-5-12(22-9(2)18)6-13(16(19)20)14(10)15-11/h4-8,15H,3H2,1-2H3. The van der Waals surface area contributed by atoms with E-state index in [1.807, 2.05) is 0 Å². The molecule has 2 rings (SSSR count). The summed E-state index contributed by atoms with van der Waals surface area (Å²) in [6.07, 6.45) is 0.0190. The molecular weight excluding hydrogens is 292 g/mol. The maximum Gasteiger partial charge on any atom is 0.308 e. The number of nitrogens with zero attached hydrogens (tertiary/aromatic N) is 1. The number of benzene rings is 1. The molecule has 0 fully saturated rings. The number of rotatable bonds is 6. The van der Waals surface area contributed by atoms with Crippen molar-refractivity contribution in [2.75, 3.05) is 0 Å². The lowest BCUT2D eigenvalue weighted by Crippen LogP contribution is -2.10. The normalized spacial score (nSPS) is 11.9. The molecule has 8 nitrogen and oxygen atoms in total. The molecule has 1 aromatic heterocycles. The monoisotopic (exact) mass is 306 g/mol. The SMILES string of the molecule is CC(=O)Oc1cc([N+](=O)[O-])c2[nH]c(CC(C)OC=O)cc2c1. The van der Waals surface area contributed by atoms with Gasteiger partial charge in [-0.05, 0) is 19.1 Å². The number of nitro groups is 1. The van der Waals surface area contributed by atoms with Crippen molar-refractivity contribution in [1.29, 1.82) is 0 Å². The Morgan fingerprint density at radius 2 is 2.18 bits per heavy atom. The van der Waals surface area contributed by atoms with Crippen LogP contribution in [-0.2, 0) is 20.7 Å². The van der Waals surface area contributed by atoms with Crippen LogP contribution in [0.2, 0.25) is 0 Å². The fourth-order valence-electron chi connectivity index (χ4n) is 2.19. The molecule has 1 N–H and O–H groups in total. The zero-order valence-corrected chi connectivity index (χ0v) is 12.0. The first-order valence-electron chi connectivity index (χ1n) is 6.48. The van der Waals surface area contributed by atoms with Crippen LogP contribution in [0.25, 0.3) is 10.9 Å². The number of ether oxygens (including phenoxy) is 2. The Kier molecular flexibility index (Phi) is 4.40. The van der Waals surface area contributed by atoms with E-state index in [1.165, 1.54) is 19.1 Å². The van der Waals surface area contributed by atoms with Crippen LogP contribution in [-0.4, -0.2) is 28.5 Å². The number of H-pyrrole nitrogens is 1. The molecule has 8 heteroatoms. The van der Waals surface area contributed by atoms with Gasteiger partial charge in [-0.1, -0.05) is 0 Å². The zero-order chi connectivity index (χ0) is 16.3. The fourth-order valence-corrected chi connectivity index (χ4v) is 2.19. The molecule has 0 radical (unpaired) electrons. The first kappa shape index (κ1) is 15.5. The van der Waals surface area contributed by atoms with E-state index in [4.69, 9.17) is 9.47 Å². The van der Waals surface area contributed by atoms with Crippen LogP contribution >= 0.6 is 0 Å². The van der Waals surface area contributed by atoms with E-state index in [0.29, 0.717) is 29.5 Å². The predicted octanol–water partition coefficient (Wildman–Crippen LogP) is 2.11. The number of nitrogens with one attached hydrogen (secondary N) is 1. The van der Waals surface area contributed by atoms with Gasteiger partial charge in [0.15, 0.2) is 0 Å². The maximum atomic E-state index is 11.2. The smallest absolute Gasteiger partial charge is 0.308 e. The van der Waals surface area contributed by atoms with Gasteiger partial charge in [-0.2, -0.15) is 0 Å². The van der Waals surface area contributed by atoms with E-state index in [-0.39, 0.29) is 17.5 Å². The molecule has 1 aromatic carbocycles. The van der Waals surface area contributed by atoms with Gasteiger partial charge in [-0.15, -0.1) is 0 Å². The van der Waals surface area contributed by atoms with Crippen molar-refractivity contribution in [3.8, 4) is 5.75 Å². The molecule has 0 aliphatic heterocycles. The van der Waals surface area contributed by atoms with Gasteiger partial charge in [0.1, 0.15) is 17.4 Å². The number of hydrogen-bond donors (Lipinski definition) is 1. The highest BCUT2D eigenvalue weighted by Gasteiger charge is 2.18. The molecule has 1 unspecified atom stereocenters. The van der Waals surface area contributed by atoms with E-state index in [0.717, 1.165) is 0 Å². The largest absolute Gasteiger partial charge is 0.464 e. The fraction of sp³-hybridized carbons (Fsp3) is 0.286. The minimum absolute atomic E-state index is 0.106. The molecule has 0 aliphatic carbocycles. The lowest BCUT2D eigenvalue weighted by atomic mass is 10.2. The Morgan fingerprint density at radius 3 is 2.77 bits per heavy atom. The molecule has 2 aromatic rings. The summed E-state index contributed by atoms with van der Waals surface area (Å²) < 4.78 is 9.71. The number of esters is 1. The Hall–Kier alpha value is -2.90. The van der Waals surface area contributed by atoms with Gasteiger partial charge in [0, 0.05) is 24.4 Å². The third-order valence-corrected chi connectivity index (χ3v) is 2.99. The number of carbonyl (C=O) groups is 2. The second-order valence-electron chi connectivity index (χ2n) is 4.80. The highest BCUT2D eigenvalue weighted by molar-refractivity contribution is 5.90. The van der Waals surface area contributed by atoms with Crippen LogP contribution in [0, 0.1) is 10.1 Å². The average molecular weight is 306 g/mol. The number of fused-ring (bicyclic) bond motifs is 1. The van der Waals surface area contributed by atoms with Crippen LogP contribution in [0.3, 0.4) is 0 Å². The average Bonchev–Trinajstić information content (AvgIpc) is 2.78. The highest BCUT2D eigenvalue weighted by atomic mass is 16.6. The van der Waals surface area contributed by atoms with E-state index in [2.05, 4.69) is 4.98 Å². The molecular formula is C14H14N2O6. The molecule has 0 amide bonds. The Labute approximate surface area is 125 Å². The topological polar surface area (TPSA) is 112 Å². The van der Waals surface area contributed by atoms with E-state index >= 15 is 0 Å². The van der Waals surface area contributed by atoms with Crippen LogP contribution in [0.15, 0.2) is 18.2 Å². The van der Waals surface area contributed by atoms with Gasteiger partial charge < -0.3 is 14.5 Å². The number of carbonyl (C=O) groups excluding carboxylic acids is 2. The molecule has 0 saturated heterocycles. The zero-order valence-electron chi connectivity index (χ0n) is 12.0. The van der Waals surface area contributed by atoms with Crippen LogP contribution < -0.4 is 4.74 Å². The first-order valence-corrected chi connectivity index (χ1v) is 6.48. The molecule has 0 spiro atoms. The molecule has 1 heterocycles. The van der Waals surface area contributed by atoms with Crippen LogP contribution in [0.4, 0.5) is 5.69 Å². The number of non-ortho nitro benzene ring substituents is 1. The number of nitro benzene ring substituents is 1. The summed E-state index contributed by atoms with van der Waals surface area (Å²) in [6.45, 7) is 3.28. The summed E-state index contributed by atoms with van der Waals surface area (Å²) in [5.41, 5.74) is 0.811.